The summed E-state index contributed by atoms with van der Waals surface area (Å²) in [5, 5.41) is 0. The van der Waals surface area contributed by atoms with Crippen LogP contribution < -0.4 is 0 Å². The van der Waals surface area contributed by atoms with E-state index in [1.54, 1.807) is 13.0 Å². The minimum Gasteiger partial charge on any atom is -0.469 e. The van der Waals surface area contributed by atoms with Gasteiger partial charge >= 0.3 is 5.97 Å². The van der Waals surface area contributed by atoms with Crippen molar-refractivity contribution < 1.29 is 14.3 Å². The van der Waals surface area contributed by atoms with Gasteiger partial charge in [-0.15, -0.1) is 0 Å². The normalized spacial score (nSPS) is 12.9. The summed E-state index contributed by atoms with van der Waals surface area (Å²) in [6.07, 6.45) is 4.25. The molecule has 0 aliphatic carbocycles. The van der Waals surface area contributed by atoms with E-state index in [2.05, 4.69) is 4.74 Å². The maximum absolute atomic E-state index is 10.8. The first kappa shape index (κ1) is 9.88. The molecule has 0 N–H and O–H groups in total. The lowest BCUT2D eigenvalue weighted by Crippen LogP contribution is -2.11. The van der Waals surface area contributed by atoms with Gasteiger partial charge in [0.1, 0.15) is 6.29 Å². The highest BCUT2D eigenvalue weighted by Gasteiger charge is 2.09. The zero-order valence-corrected chi connectivity index (χ0v) is 6.74. The lowest BCUT2D eigenvalue weighted by Gasteiger charge is -2.03. The van der Waals surface area contributed by atoms with Crippen molar-refractivity contribution in [3.05, 3.63) is 12.2 Å². The van der Waals surface area contributed by atoms with Gasteiger partial charge in [0.2, 0.25) is 0 Å². The van der Waals surface area contributed by atoms with Gasteiger partial charge in [-0.1, -0.05) is 13.0 Å². The van der Waals surface area contributed by atoms with Crippen molar-refractivity contribution in [3.63, 3.8) is 0 Å². The number of rotatable bonds is 4. The Balaban J connectivity index is 3.68. The Kier molecular flexibility index (Phi) is 5.07. The van der Waals surface area contributed by atoms with Crippen LogP contribution in [-0.4, -0.2) is 19.4 Å². The zero-order chi connectivity index (χ0) is 8.69. The lowest BCUT2D eigenvalue weighted by atomic mass is 10.1. The third kappa shape index (κ3) is 4.31. The molecule has 0 heterocycles. The summed E-state index contributed by atoms with van der Waals surface area (Å²) in [7, 11) is 1.35. The average Bonchev–Trinajstić information content (AvgIpc) is 2.03. The molecule has 62 valence electrons. The van der Waals surface area contributed by atoms with E-state index < -0.39 is 0 Å². The van der Waals surface area contributed by atoms with Gasteiger partial charge in [0, 0.05) is 0 Å². The quantitative estimate of drug-likeness (QED) is 0.345. The maximum atomic E-state index is 10.8. The van der Waals surface area contributed by atoms with Crippen molar-refractivity contribution in [2.45, 2.75) is 13.3 Å². The number of ether oxygens (including phenoxy) is 1. The van der Waals surface area contributed by atoms with Gasteiger partial charge in [-0.3, -0.25) is 9.59 Å². The molecule has 0 fully saturated rings. The molecule has 0 bridgehead atoms. The summed E-state index contributed by atoms with van der Waals surface area (Å²) in [5.41, 5.74) is 0. The monoisotopic (exact) mass is 156 g/mol. The van der Waals surface area contributed by atoms with E-state index in [1.807, 2.05) is 0 Å². The second kappa shape index (κ2) is 5.65. The van der Waals surface area contributed by atoms with E-state index in [1.165, 1.54) is 13.2 Å². The molecule has 0 spiro atoms. The summed E-state index contributed by atoms with van der Waals surface area (Å²) in [6, 6.07) is 0. The van der Waals surface area contributed by atoms with Crippen LogP contribution in [0.1, 0.15) is 13.3 Å². The smallest absolute Gasteiger partial charge is 0.308 e. The Morgan fingerprint density at radius 3 is 2.73 bits per heavy atom. The first-order chi connectivity index (χ1) is 5.22. The number of methoxy groups -OCH3 is 1. The number of hydrogen-bond acceptors (Lipinski definition) is 3. The molecule has 0 aliphatic heterocycles. The number of esters is 1. The van der Waals surface area contributed by atoms with Crippen LogP contribution in [0.2, 0.25) is 0 Å². The van der Waals surface area contributed by atoms with Gasteiger partial charge in [-0.25, -0.2) is 0 Å². The molecule has 3 heteroatoms. The Morgan fingerprint density at radius 2 is 2.27 bits per heavy atom. The van der Waals surface area contributed by atoms with Gasteiger partial charge in [-0.2, -0.15) is 0 Å². The molecule has 0 aromatic heterocycles. The van der Waals surface area contributed by atoms with Crippen molar-refractivity contribution in [2.75, 3.05) is 7.11 Å². The van der Waals surface area contributed by atoms with E-state index in [-0.39, 0.29) is 11.9 Å². The first-order valence-corrected chi connectivity index (χ1v) is 3.40. The second-order valence-corrected chi connectivity index (χ2v) is 2.22. The van der Waals surface area contributed by atoms with E-state index in [0.717, 1.165) is 0 Å². The van der Waals surface area contributed by atoms with Crippen LogP contribution in [0.25, 0.3) is 0 Å². The van der Waals surface area contributed by atoms with Crippen LogP contribution >= 0.6 is 0 Å². The molecule has 0 aromatic carbocycles. The minimum atomic E-state index is -0.249. The molecule has 1 atom stereocenters. The van der Waals surface area contributed by atoms with Crippen molar-refractivity contribution >= 4 is 12.3 Å². The third-order valence-corrected chi connectivity index (χ3v) is 1.31. The highest BCUT2D eigenvalue weighted by atomic mass is 16.5. The third-order valence-electron chi connectivity index (χ3n) is 1.31. The van der Waals surface area contributed by atoms with E-state index in [4.69, 9.17) is 0 Å². The average molecular weight is 156 g/mol. The number of carbonyl (C=O) groups excluding carboxylic acids is 2. The fourth-order valence-electron chi connectivity index (χ4n) is 0.636. The van der Waals surface area contributed by atoms with Crippen molar-refractivity contribution in [1.29, 1.82) is 0 Å². The number of aldehydes is 1. The standard InChI is InChI=1S/C8H12O3/c1-7(8(10)11-2)5-3-4-6-9/h3-4,6-7H,5H2,1-2H3. The van der Waals surface area contributed by atoms with Crippen molar-refractivity contribution in [3.8, 4) is 0 Å². The van der Waals surface area contributed by atoms with Crippen molar-refractivity contribution in [1.82, 2.24) is 0 Å². The van der Waals surface area contributed by atoms with Crippen molar-refractivity contribution in [2.24, 2.45) is 5.92 Å². The van der Waals surface area contributed by atoms with E-state index >= 15 is 0 Å². The lowest BCUT2D eigenvalue weighted by molar-refractivity contribution is -0.144. The zero-order valence-electron chi connectivity index (χ0n) is 6.74. The van der Waals surface area contributed by atoms with Crippen LogP contribution in [0.4, 0.5) is 0 Å². The number of carbonyl (C=O) groups is 2. The van der Waals surface area contributed by atoms with E-state index in [9.17, 15) is 9.59 Å². The molecule has 0 rings (SSSR count). The molecule has 11 heavy (non-hydrogen) atoms. The highest BCUT2D eigenvalue weighted by molar-refractivity contribution is 5.72. The molecule has 0 radical (unpaired) electrons. The molecule has 0 saturated carbocycles. The fourth-order valence-corrected chi connectivity index (χ4v) is 0.636. The largest absolute Gasteiger partial charge is 0.469 e. The highest BCUT2D eigenvalue weighted by Crippen LogP contribution is 2.03. The van der Waals surface area contributed by atoms with Crippen LogP contribution in [0, 0.1) is 5.92 Å². The Morgan fingerprint density at radius 1 is 1.64 bits per heavy atom. The number of allylic oxidation sites excluding steroid dienone is 2. The summed E-state index contributed by atoms with van der Waals surface area (Å²) in [6.45, 7) is 1.75. The topological polar surface area (TPSA) is 43.4 Å². The van der Waals surface area contributed by atoms with Gasteiger partial charge in [0.05, 0.1) is 13.0 Å². The number of hydrogen-bond donors (Lipinski definition) is 0. The molecule has 3 nitrogen and oxygen atoms in total. The Labute approximate surface area is 66.0 Å². The molecule has 0 aliphatic rings. The van der Waals surface area contributed by atoms with Gasteiger partial charge in [0.25, 0.3) is 0 Å². The van der Waals surface area contributed by atoms with E-state index in [0.29, 0.717) is 12.7 Å². The summed E-state index contributed by atoms with van der Waals surface area (Å²) < 4.78 is 4.48. The molecule has 0 aromatic rings. The summed E-state index contributed by atoms with van der Waals surface area (Å²) in [5.74, 6) is -0.420. The second-order valence-electron chi connectivity index (χ2n) is 2.22. The predicted octanol–water partition coefficient (Wildman–Crippen LogP) is 0.941. The molecular formula is C8H12O3. The summed E-state index contributed by atoms with van der Waals surface area (Å²) in [4.78, 5) is 20.6. The fraction of sp³-hybridized carbons (Fsp3) is 0.500. The predicted molar refractivity (Wildman–Crippen MR) is 41.0 cm³/mol. The Hall–Kier alpha value is -1.12. The molecule has 0 amide bonds. The molecule has 1 unspecified atom stereocenters. The maximum Gasteiger partial charge on any atom is 0.308 e. The van der Waals surface area contributed by atoms with Crippen LogP contribution in [-0.2, 0) is 14.3 Å². The SMILES string of the molecule is COC(=O)C(C)CC=CC=O. The molecular weight excluding hydrogens is 144 g/mol. The summed E-state index contributed by atoms with van der Waals surface area (Å²) >= 11 is 0. The van der Waals surface area contributed by atoms with Crippen LogP contribution in [0.15, 0.2) is 12.2 Å². The van der Waals surface area contributed by atoms with Gasteiger partial charge in [-0.05, 0) is 12.5 Å². The van der Waals surface area contributed by atoms with Gasteiger partial charge < -0.3 is 4.74 Å². The van der Waals surface area contributed by atoms with Crippen LogP contribution in [0.3, 0.4) is 0 Å². The minimum absolute atomic E-state index is 0.170. The molecule has 0 saturated heterocycles. The Bertz CT molecular complexity index is 161. The van der Waals surface area contributed by atoms with Gasteiger partial charge in [0.15, 0.2) is 0 Å². The first-order valence-electron chi connectivity index (χ1n) is 3.40. The van der Waals surface area contributed by atoms with Crippen LogP contribution in [0.5, 0.6) is 0 Å².